The summed E-state index contributed by atoms with van der Waals surface area (Å²) in [5.74, 6) is 0. The van der Waals surface area contributed by atoms with Gasteiger partial charge in [0, 0.05) is 16.4 Å². The lowest BCUT2D eigenvalue weighted by atomic mass is 9.96. The maximum atomic E-state index is 8.90. The van der Waals surface area contributed by atoms with Crippen LogP contribution in [0.25, 0.3) is 0 Å². The second kappa shape index (κ2) is 4.58. The second-order valence-corrected chi connectivity index (χ2v) is 5.40. The fourth-order valence-electron chi connectivity index (χ4n) is 2.59. The van der Waals surface area contributed by atoms with Crippen molar-refractivity contribution in [2.45, 2.75) is 25.3 Å². The Morgan fingerprint density at radius 3 is 3.11 bits per heavy atom. The highest BCUT2D eigenvalue weighted by atomic mass is 79.9. The molecular weight excluding hydrogens is 290 g/mol. The molecule has 18 heavy (non-hydrogen) atoms. The average molecular weight is 302 g/mol. The van der Waals surface area contributed by atoms with Crippen LogP contribution in [0, 0.1) is 11.3 Å². The maximum Gasteiger partial charge on any atom is 0.0992 e. The first-order chi connectivity index (χ1) is 8.79. The molecule has 1 aliphatic rings. The van der Waals surface area contributed by atoms with Gasteiger partial charge in [-0.3, -0.25) is 0 Å². The van der Waals surface area contributed by atoms with Crippen LogP contribution in [0.15, 0.2) is 35.2 Å². The third-order valence-corrected chi connectivity index (χ3v) is 4.17. The topological polar surface area (TPSA) is 41.6 Å². The summed E-state index contributed by atoms with van der Waals surface area (Å²) in [5, 5.41) is 8.90. The van der Waals surface area contributed by atoms with Crippen molar-refractivity contribution in [1.82, 2.24) is 9.55 Å². The van der Waals surface area contributed by atoms with Crippen molar-refractivity contribution in [2.24, 2.45) is 0 Å². The largest absolute Gasteiger partial charge is 0.327 e. The zero-order valence-corrected chi connectivity index (χ0v) is 11.4. The van der Waals surface area contributed by atoms with Crippen LogP contribution in [0.4, 0.5) is 0 Å². The number of hydrogen-bond donors (Lipinski definition) is 0. The van der Waals surface area contributed by atoms with Gasteiger partial charge in [0.25, 0.3) is 0 Å². The van der Waals surface area contributed by atoms with E-state index < -0.39 is 0 Å². The molecule has 1 aliphatic heterocycles. The molecule has 2 heterocycles. The first-order valence-corrected chi connectivity index (χ1v) is 6.79. The van der Waals surface area contributed by atoms with Crippen molar-refractivity contribution < 1.29 is 0 Å². The van der Waals surface area contributed by atoms with E-state index in [4.69, 9.17) is 5.26 Å². The number of aromatic nitrogens is 2. The molecule has 0 saturated carbocycles. The zero-order valence-electron chi connectivity index (χ0n) is 9.81. The molecule has 0 bridgehead atoms. The lowest BCUT2D eigenvalue weighted by molar-refractivity contribution is 0.456. The molecule has 3 nitrogen and oxygen atoms in total. The van der Waals surface area contributed by atoms with E-state index in [-0.39, 0.29) is 0 Å². The quantitative estimate of drug-likeness (QED) is 0.809. The molecule has 2 aromatic rings. The Balaban J connectivity index is 2.05. The number of halogens is 1. The van der Waals surface area contributed by atoms with E-state index in [9.17, 15) is 0 Å². The molecule has 1 aromatic carbocycles. The van der Waals surface area contributed by atoms with Crippen LogP contribution in [-0.4, -0.2) is 9.55 Å². The Morgan fingerprint density at radius 1 is 1.44 bits per heavy atom. The summed E-state index contributed by atoms with van der Waals surface area (Å²) < 4.78 is 3.25. The number of nitrogens with zero attached hydrogens (tertiary/aromatic N) is 3. The highest BCUT2D eigenvalue weighted by Gasteiger charge is 2.22. The van der Waals surface area contributed by atoms with E-state index in [2.05, 4.69) is 31.6 Å². The van der Waals surface area contributed by atoms with Gasteiger partial charge >= 0.3 is 0 Å². The summed E-state index contributed by atoms with van der Waals surface area (Å²) in [6.07, 6.45) is 7.26. The summed E-state index contributed by atoms with van der Waals surface area (Å²) in [4.78, 5) is 4.24. The van der Waals surface area contributed by atoms with Gasteiger partial charge in [-0.05, 0) is 37.0 Å². The number of hydrogen-bond acceptors (Lipinski definition) is 2. The van der Waals surface area contributed by atoms with E-state index in [1.807, 2.05) is 30.7 Å². The number of imidazole rings is 1. The SMILES string of the molecule is N#Cc1ccc(C2CCCc3cncn32)c(Br)c1. The second-order valence-electron chi connectivity index (χ2n) is 4.55. The molecule has 0 amide bonds. The summed E-state index contributed by atoms with van der Waals surface area (Å²) in [7, 11) is 0. The Labute approximate surface area is 114 Å². The monoisotopic (exact) mass is 301 g/mol. The molecular formula is C14H12BrN3. The highest BCUT2D eigenvalue weighted by molar-refractivity contribution is 9.10. The normalized spacial score (nSPS) is 18.1. The lowest BCUT2D eigenvalue weighted by Gasteiger charge is -2.26. The van der Waals surface area contributed by atoms with E-state index in [0.717, 1.165) is 17.3 Å². The smallest absolute Gasteiger partial charge is 0.0992 e. The van der Waals surface area contributed by atoms with Gasteiger partial charge in [0.05, 0.1) is 24.0 Å². The van der Waals surface area contributed by atoms with Crippen molar-refractivity contribution in [3.05, 3.63) is 52.0 Å². The van der Waals surface area contributed by atoms with Crippen LogP contribution in [-0.2, 0) is 6.42 Å². The highest BCUT2D eigenvalue weighted by Crippen LogP contribution is 2.34. The van der Waals surface area contributed by atoms with Crippen LogP contribution >= 0.6 is 15.9 Å². The van der Waals surface area contributed by atoms with Gasteiger partial charge < -0.3 is 4.57 Å². The third kappa shape index (κ3) is 1.85. The predicted octanol–water partition coefficient (Wildman–Crippen LogP) is 3.44. The minimum Gasteiger partial charge on any atom is -0.327 e. The predicted molar refractivity (Wildman–Crippen MR) is 72.2 cm³/mol. The molecule has 90 valence electrons. The Hall–Kier alpha value is -1.60. The van der Waals surface area contributed by atoms with Gasteiger partial charge in [-0.25, -0.2) is 4.98 Å². The van der Waals surface area contributed by atoms with Gasteiger partial charge in [-0.15, -0.1) is 0 Å². The summed E-state index contributed by atoms with van der Waals surface area (Å²) in [5.41, 5.74) is 3.21. The molecule has 0 aliphatic carbocycles. The van der Waals surface area contributed by atoms with Crippen LogP contribution in [0.3, 0.4) is 0 Å². The average Bonchev–Trinajstić information content (AvgIpc) is 2.87. The molecule has 4 heteroatoms. The Kier molecular flexibility index (Phi) is 2.92. The molecule has 1 atom stereocenters. The summed E-state index contributed by atoms with van der Waals surface area (Å²) >= 11 is 3.58. The van der Waals surface area contributed by atoms with Crippen molar-refractivity contribution >= 4 is 15.9 Å². The molecule has 0 radical (unpaired) electrons. The van der Waals surface area contributed by atoms with Crippen molar-refractivity contribution in [2.75, 3.05) is 0 Å². The summed E-state index contributed by atoms with van der Waals surface area (Å²) in [6, 6.07) is 8.31. The summed E-state index contributed by atoms with van der Waals surface area (Å²) in [6.45, 7) is 0. The van der Waals surface area contributed by atoms with E-state index >= 15 is 0 Å². The third-order valence-electron chi connectivity index (χ3n) is 3.48. The van der Waals surface area contributed by atoms with Crippen molar-refractivity contribution in [3.8, 4) is 6.07 Å². The first kappa shape index (κ1) is 11.5. The zero-order chi connectivity index (χ0) is 12.5. The number of nitriles is 1. The van der Waals surface area contributed by atoms with Crippen LogP contribution in [0.5, 0.6) is 0 Å². The number of rotatable bonds is 1. The Bertz CT molecular complexity index is 624. The molecule has 0 spiro atoms. The maximum absolute atomic E-state index is 8.90. The minimum absolute atomic E-state index is 0.332. The standard InChI is InChI=1S/C14H12BrN3/c15-13-6-10(7-16)4-5-12(13)14-3-1-2-11-8-17-9-18(11)14/h4-6,8-9,14H,1-3H2. The molecule has 3 rings (SSSR count). The van der Waals surface area contributed by atoms with E-state index in [1.54, 1.807) is 0 Å². The van der Waals surface area contributed by atoms with E-state index in [0.29, 0.717) is 11.6 Å². The van der Waals surface area contributed by atoms with Crippen molar-refractivity contribution in [3.63, 3.8) is 0 Å². The fraction of sp³-hybridized carbons (Fsp3) is 0.286. The van der Waals surface area contributed by atoms with Gasteiger partial charge in [0.2, 0.25) is 0 Å². The Morgan fingerprint density at radius 2 is 2.33 bits per heavy atom. The van der Waals surface area contributed by atoms with Gasteiger partial charge in [0.15, 0.2) is 0 Å². The molecule has 0 fully saturated rings. The molecule has 0 saturated heterocycles. The van der Waals surface area contributed by atoms with Crippen molar-refractivity contribution in [1.29, 1.82) is 5.26 Å². The molecule has 1 aromatic heterocycles. The first-order valence-electron chi connectivity index (χ1n) is 6.00. The molecule has 1 unspecified atom stereocenters. The number of aryl methyl sites for hydroxylation is 1. The van der Waals surface area contributed by atoms with Gasteiger partial charge in [-0.1, -0.05) is 22.0 Å². The van der Waals surface area contributed by atoms with Crippen LogP contribution in [0.1, 0.15) is 35.7 Å². The fourth-order valence-corrected chi connectivity index (χ4v) is 3.24. The lowest BCUT2D eigenvalue weighted by Crippen LogP contribution is -2.18. The van der Waals surface area contributed by atoms with Crippen LogP contribution in [0.2, 0.25) is 0 Å². The number of benzene rings is 1. The van der Waals surface area contributed by atoms with Crippen LogP contribution < -0.4 is 0 Å². The molecule has 0 N–H and O–H groups in total. The van der Waals surface area contributed by atoms with Gasteiger partial charge in [0.1, 0.15) is 0 Å². The van der Waals surface area contributed by atoms with Gasteiger partial charge in [-0.2, -0.15) is 5.26 Å². The number of fused-ring (bicyclic) bond motifs is 1. The van der Waals surface area contributed by atoms with E-state index in [1.165, 1.54) is 17.7 Å². The minimum atomic E-state index is 0.332.